The van der Waals surface area contributed by atoms with Crippen molar-refractivity contribution >= 4 is 18.8 Å². The zero-order valence-electron chi connectivity index (χ0n) is 7.41. The molecule has 56 valence electrons. The lowest BCUT2D eigenvalue weighted by molar-refractivity contribution is 0.530. The molecule has 0 bridgehead atoms. The van der Waals surface area contributed by atoms with E-state index < -0.39 is 8.32 Å². The molecule has 0 aromatic rings. The standard InChI is InChI=1S/C6H18OSi2/c1-6(2,3)9(4,5)7-8/h1-5,8H3. The van der Waals surface area contributed by atoms with Gasteiger partial charge in [-0.05, 0) is 18.1 Å². The zero-order valence-corrected chi connectivity index (χ0v) is 10.4. The fourth-order valence-electron chi connectivity index (χ4n) is 0.306. The van der Waals surface area contributed by atoms with Gasteiger partial charge in [-0.3, -0.25) is 0 Å². The van der Waals surface area contributed by atoms with Crippen LogP contribution in [-0.2, 0) is 4.12 Å². The Labute approximate surface area is 62.5 Å². The first-order chi connectivity index (χ1) is 3.81. The lowest BCUT2D eigenvalue weighted by Gasteiger charge is -2.35. The largest absolute Gasteiger partial charge is 0.463 e. The minimum Gasteiger partial charge on any atom is -0.463 e. The van der Waals surface area contributed by atoms with Crippen LogP contribution in [0.5, 0.6) is 0 Å². The molecule has 0 heterocycles. The smallest absolute Gasteiger partial charge is 0.178 e. The van der Waals surface area contributed by atoms with E-state index in [0.29, 0.717) is 5.04 Å². The van der Waals surface area contributed by atoms with Crippen molar-refractivity contribution < 1.29 is 4.12 Å². The van der Waals surface area contributed by atoms with Crippen LogP contribution < -0.4 is 0 Å². The van der Waals surface area contributed by atoms with Gasteiger partial charge in [0.1, 0.15) is 10.5 Å². The maximum atomic E-state index is 5.58. The highest BCUT2D eigenvalue weighted by Crippen LogP contribution is 2.35. The highest BCUT2D eigenvalue weighted by atomic mass is 28.4. The summed E-state index contributed by atoms with van der Waals surface area (Å²) < 4.78 is 5.58. The minimum atomic E-state index is -1.32. The summed E-state index contributed by atoms with van der Waals surface area (Å²) in [7, 11) is -0.427. The van der Waals surface area contributed by atoms with Gasteiger partial charge >= 0.3 is 0 Å². The fourth-order valence-corrected chi connectivity index (χ4v) is 2.76. The Kier molecular flexibility index (Phi) is 2.67. The van der Waals surface area contributed by atoms with E-state index in [-0.39, 0.29) is 0 Å². The predicted molar refractivity (Wildman–Crippen MR) is 48.2 cm³/mol. The summed E-state index contributed by atoms with van der Waals surface area (Å²) in [5.74, 6) is 0. The van der Waals surface area contributed by atoms with Crippen LogP contribution in [0.3, 0.4) is 0 Å². The third kappa shape index (κ3) is 2.23. The van der Waals surface area contributed by atoms with Gasteiger partial charge in [-0.25, -0.2) is 0 Å². The normalized spacial score (nSPS) is 14.3. The Morgan fingerprint density at radius 3 is 1.56 bits per heavy atom. The van der Waals surface area contributed by atoms with Crippen LogP contribution in [0.1, 0.15) is 20.8 Å². The van der Waals surface area contributed by atoms with Gasteiger partial charge in [0.15, 0.2) is 8.32 Å². The molecule has 0 unspecified atom stereocenters. The van der Waals surface area contributed by atoms with Crippen molar-refractivity contribution in [1.29, 1.82) is 0 Å². The Balaban J connectivity index is 4.14. The fraction of sp³-hybridized carbons (Fsp3) is 1.00. The molecular weight excluding hydrogens is 144 g/mol. The summed E-state index contributed by atoms with van der Waals surface area (Å²) in [6, 6.07) is 0. The molecule has 0 radical (unpaired) electrons. The molecule has 1 nitrogen and oxygen atoms in total. The molecular formula is C6H18OSi2. The summed E-state index contributed by atoms with van der Waals surface area (Å²) in [5, 5.41) is 0.398. The monoisotopic (exact) mass is 162 g/mol. The van der Waals surface area contributed by atoms with Gasteiger partial charge in [0.25, 0.3) is 0 Å². The van der Waals surface area contributed by atoms with Gasteiger partial charge in [-0.15, -0.1) is 0 Å². The first-order valence-electron chi connectivity index (χ1n) is 3.36. The van der Waals surface area contributed by atoms with Gasteiger partial charge in [0.05, 0.1) is 0 Å². The van der Waals surface area contributed by atoms with Crippen LogP contribution in [-0.4, -0.2) is 18.8 Å². The van der Waals surface area contributed by atoms with Crippen molar-refractivity contribution in [3.05, 3.63) is 0 Å². The summed E-state index contributed by atoms with van der Waals surface area (Å²) in [6.45, 7) is 11.3. The number of rotatable bonds is 1. The van der Waals surface area contributed by atoms with Crippen molar-refractivity contribution in [1.82, 2.24) is 0 Å². The Hall–Kier alpha value is 0.394. The molecule has 0 N–H and O–H groups in total. The molecule has 0 aliphatic carbocycles. The second kappa shape index (κ2) is 2.56. The van der Waals surface area contributed by atoms with Crippen LogP contribution in [0.15, 0.2) is 0 Å². The Bertz CT molecular complexity index is 93.7. The maximum absolute atomic E-state index is 5.58. The summed E-state index contributed by atoms with van der Waals surface area (Å²) in [6.07, 6.45) is 0. The van der Waals surface area contributed by atoms with Gasteiger partial charge in [0, 0.05) is 0 Å². The molecule has 0 amide bonds. The molecule has 0 saturated carbocycles. The van der Waals surface area contributed by atoms with Crippen molar-refractivity contribution in [2.75, 3.05) is 0 Å². The Morgan fingerprint density at radius 2 is 1.56 bits per heavy atom. The molecule has 0 aromatic carbocycles. The Morgan fingerprint density at radius 1 is 1.22 bits per heavy atom. The third-order valence-electron chi connectivity index (χ3n) is 2.32. The van der Waals surface area contributed by atoms with Crippen molar-refractivity contribution in [3.63, 3.8) is 0 Å². The van der Waals surface area contributed by atoms with E-state index in [1.165, 1.54) is 0 Å². The average Bonchev–Trinajstić information content (AvgIpc) is 1.64. The lowest BCUT2D eigenvalue weighted by atomic mass is 10.2. The van der Waals surface area contributed by atoms with Crippen molar-refractivity contribution in [2.24, 2.45) is 0 Å². The van der Waals surface area contributed by atoms with Crippen LogP contribution in [0, 0.1) is 0 Å². The van der Waals surface area contributed by atoms with E-state index in [0.717, 1.165) is 10.5 Å². The minimum absolute atomic E-state index is 0.398. The van der Waals surface area contributed by atoms with Crippen LogP contribution in [0.4, 0.5) is 0 Å². The topological polar surface area (TPSA) is 9.23 Å². The second-order valence-electron chi connectivity index (χ2n) is 3.96. The molecule has 0 fully saturated rings. The molecule has 0 aliphatic heterocycles. The summed E-state index contributed by atoms with van der Waals surface area (Å²) >= 11 is 0. The van der Waals surface area contributed by atoms with E-state index in [9.17, 15) is 0 Å². The molecule has 9 heavy (non-hydrogen) atoms. The average molecular weight is 162 g/mol. The first-order valence-corrected chi connectivity index (χ1v) is 7.09. The van der Waals surface area contributed by atoms with E-state index >= 15 is 0 Å². The molecule has 3 heteroatoms. The van der Waals surface area contributed by atoms with E-state index in [1.54, 1.807) is 0 Å². The molecule has 0 saturated heterocycles. The van der Waals surface area contributed by atoms with Crippen LogP contribution >= 0.6 is 0 Å². The first kappa shape index (κ1) is 9.39. The molecule has 0 aromatic heterocycles. The zero-order chi connectivity index (χ0) is 7.71. The summed E-state index contributed by atoms with van der Waals surface area (Å²) in [5.41, 5.74) is 0. The highest BCUT2D eigenvalue weighted by Gasteiger charge is 2.34. The number of hydrogen-bond acceptors (Lipinski definition) is 1. The molecule has 0 aliphatic rings. The van der Waals surface area contributed by atoms with Gasteiger partial charge in [-0.2, -0.15) is 0 Å². The van der Waals surface area contributed by atoms with E-state index in [2.05, 4.69) is 33.9 Å². The van der Waals surface area contributed by atoms with Crippen molar-refractivity contribution in [3.8, 4) is 0 Å². The predicted octanol–water partition coefficient (Wildman–Crippen LogP) is 1.29. The van der Waals surface area contributed by atoms with Gasteiger partial charge in [-0.1, -0.05) is 20.8 Å². The number of hydrogen-bond donors (Lipinski definition) is 0. The van der Waals surface area contributed by atoms with Crippen LogP contribution in [0.25, 0.3) is 0 Å². The SMILES string of the molecule is CC(C)(C)[Si](C)(C)O[SiH3]. The highest BCUT2D eigenvalue weighted by molar-refractivity contribution is 6.76. The maximum Gasteiger partial charge on any atom is 0.178 e. The second-order valence-corrected chi connectivity index (χ2v) is 10.1. The lowest BCUT2D eigenvalue weighted by Crippen LogP contribution is -2.39. The van der Waals surface area contributed by atoms with Gasteiger partial charge < -0.3 is 4.12 Å². The van der Waals surface area contributed by atoms with Crippen LogP contribution in [0.2, 0.25) is 18.1 Å². The molecule has 0 rings (SSSR count). The quantitative estimate of drug-likeness (QED) is 0.528. The van der Waals surface area contributed by atoms with E-state index in [1.807, 2.05) is 0 Å². The molecule has 0 atom stereocenters. The van der Waals surface area contributed by atoms with E-state index in [4.69, 9.17) is 4.12 Å². The van der Waals surface area contributed by atoms with Crippen molar-refractivity contribution in [2.45, 2.75) is 38.9 Å². The summed E-state index contributed by atoms with van der Waals surface area (Å²) in [4.78, 5) is 0. The molecule has 0 spiro atoms. The van der Waals surface area contributed by atoms with Gasteiger partial charge in [0.2, 0.25) is 0 Å². The third-order valence-corrected chi connectivity index (χ3v) is 10.0.